The molecule has 1 aromatic rings. The summed E-state index contributed by atoms with van der Waals surface area (Å²) < 4.78 is 33.4. The summed E-state index contributed by atoms with van der Waals surface area (Å²) in [6.45, 7) is 5.12. The van der Waals surface area contributed by atoms with Crippen LogP contribution >= 0.6 is 0 Å². The Kier molecular flexibility index (Phi) is 5.11. The highest BCUT2D eigenvalue weighted by molar-refractivity contribution is 7.89. The molecule has 0 aromatic heterocycles. The number of aryl methyl sites for hydroxylation is 1. The Hall–Kier alpha value is -1.27. The van der Waals surface area contributed by atoms with E-state index >= 15 is 0 Å². The summed E-state index contributed by atoms with van der Waals surface area (Å²) in [6, 6.07) is 3.29. The second-order valence-corrected chi connectivity index (χ2v) is 7.23. The Morgan fingerprint density at radius 1 is 1.33 bits per heavy atom. The van der Waals surface area contributed by atoms with Gasteiger partial charge in [0, 0.05) is 12.2 Å². The first-order valence-electron chi connectivity index (χ1n) is 7.52. The largest absolute Gasteiger partial charge is 0.492 e. The molecule has 0 saturated carbocycles. The highest BCUT2D eigenvalue weighted by Crippen LogP contribution is 2.34. The quantitative estimate of drug-likeness (QED) is 0.790. The van der Waals surface area contributed by atoms with Gasteiger partial charge >= 0.3 is 0 Å². The van der Waals surface area contributed by atoms with Gasteiger partial charge < -0.3 is 10.5 Å². The van der Waals surface area contributed by atoms with Crippen LogP contribution in [-0.4, -0.2) is 21.6 Å². The van der Waals surface area contributed by atoms with Gasteiger partial charge in [-0.15, -0.1) is 0 Å². The monoisotopic (exact) mass is 312 g/mol. The molecule has 0 bridgehead atoms. The van der Waals surface area contributed by atoms with Gasteiger partial charge in [-0.2, -0.15) is 0 Å². The van der Waals surface area contributed by atoms with Crippen LogP contribution in [0.2, 0.25) is 0 Å². The minimum Gasteiger partial charge on any atom is -0.492 e. The molecule has 2 rings (SSSR count). The fourth-order valence-electron chi connectivity index (χ4n) is 2.55. The van der Waals surface area contributed by atoms with Crippen LogP contribution in [0.3, 0.4) is 0 Å². The molecule has 0 amide bonds. The van der Waals surface area contributed by atoms with Gasteiger partial charge in [-0.3, -0.25) is 0 Å². The van der Waals surface area contributed by atoms with Gasteiger partial charge in [0.15, 0.2) is 0 Å². The lowest BCUT2D eigenvalue weighted by Crippen LogP contribution is -2.30. The van der Waals surface area contributed by atoms with Crippen LogP contribution in [0.15, 0.2) is 17.0 Å². The van der Waals surface area contributed by atoms with Crippen molar-refractivity contribution in [3.05, 3.63) is 17.7 Å². The first-order chi connectivity index (χ1) is 9.97. The van der Waals surface area contributed by atoms with E-state index in [1.807, 2.05) is 0 Å². The number of nitrogens with two attached hydrogens (primary N) is 1. The number of rotatable bonds is 6. The van der Waals surface area contributed by atoms with Gasteiger partial charge in [0.25, 0.3) is 0 Å². The van der Waals surface area contributed by atoms with Crippen molar-refractivity contribution in [2.24, 2.45) is 5.92 Å². The minimum absolute atomic E-state index is 0.170. The number of anilines is 1. The van der Waals surface area contributed by atoms with Gasteiger partial charge in [0.05, 0.1) is 6.61 Å². The lowest BCUT2D eigenvalue weighted by Gasteiger charge is -2.22. The van der Waals surface area contributed by atoms with Gasteiger partial charge in [-0.05, 0) is 36.5 Å². The van der Waals surface area contributed by atoms with Crippen molar-refractivity contribution in [1.29, 1.82) is 0 Å². The maximum Gasteiger partial charge on any atom is 0.244 e. The zero-order valence-electron chi connectivity index (χ0n) is 12.7. The number of ether oxygens (including phenoxy) is 1. The van der Waals surface area contributed by atoms with Crippen molar-refractivity contribution in [1.82, 2.24) is 4.72 Å². The fourth-order valence-corrected chi connectivity index (χ4v) is 3.89. The van der Waals surface area contributed by atoms with Crippen LogP contribution in [0, 0.1) is 5.92 Å². The number of nitrogens with one attached hydrogen (secondary N) is 1. The molecule has 118 valence electrons. The van der Waals surface area contributed by atoms with Crippen molar-refractivity contribution in [3.63, 3.8) is 0 Å². The second-order valence-electron chi connectivity index (χ2n) is 5.49. The van der Waals surface area contributed by atoms with E-state index in [4.69, 9.17) is 10.5 Å². The molecule has 0 atom stereocenters. The summed E-state index contributed by atoms with van der Waals surface area (Å²) >= 11 is 0. The molecule has 0 aliphatic carbocycles. The first-order valence-corrected chi connectivity index (χ1v) is 9.01. The molecule has 0 radical (unpaired) electrons. The number of nitrogen functional groups attached to an aromatic ring is 1. The predicted octanol–water partition coefficient (Wildman–Crippen LogP) is 2.31. The lowest BCUT2D eigenvalue weighted by molar-refractivity contribution is 0.280. The number of hydrogen-bond acceptors (Lipinski definition) is 4. The van der Waals surface area contributed by atoms with Gasteiger partial charge in [0.1, 0.15) is 10.6 Å². The van der Waals surface area contributed by atoms with Crippen LogP contribution in [-0.2, 0) is 16.4 Å². The van der Waals surface area contributed by atoms with Crippen molar-refractivity contribution in [3.8, 4) is 5.75 Å². The molecule has 21 heavy (non-hydrogen) atoms. The normalized spacial score (nSPS) is 14.8. The van der Waals surface area contributed by atoms with E-state index in [-0.39, 0.29) is 4.90 Å². The molecule has 0 saturated heterocycles. The zero-order valence-corrected chi connectivity index (χ0v) is 13.5. The third-order valence-electron chi connectivity index (χ3n) is 4.00. The molecule has 1 aliphatic rings. The summed E-state index contributed by atoms with van der Waals surface area (Å²) in [5.74, 6) is 0.810. The van der Waals surface area contributed by atoms with E-state index in [1.54, 1.807) is 6.07 Å². The summed E-state index contributed by atoms with van der Waals surface area (Å²) in [5, 5.41) is 0. The van der Waals surface area contributed by atoms with E-state index in [2.05, 4.69) is 18.6 Å². The average molecular weight is 312 g/mol. The smallest absolute Gasteiger partial charge is 0.244 e. The van der Waals surface area contributed by atoms with Crippen LogP contribution in [0.1, 0.15) is 38.7 Å². The molecule has 3 N–H and O–H groups in total. The van der Waals surface area contributed by atoms with Crippen molar-refractivity contribution in [2.45, 2.75) is 44.4 Å². The molecular formula is C15H24N2O3S. The number of fused-ring (bicyclic) bond motifs is 1. The highest BCUT2D eigenvalue weighted by Gasteiger charge is 2.25. The Labute approximate surface area is 126 Å². The maximum atomic E-state index is 12.5. The third-order valence-corrected chi connectivity index (χ3v) is 5.43. The molecule has 6 heteroatoms. The van der Waals surface area contributed by atoms with Crippen LogP contribution in [0.5, 0.6) is 5.75 Å². The van der Waals surface area contributed by atoms with E-state index in [0.717, 1.165) is 31.2 Å². The Balaban J connectivity index is 2.29. The molecule has 1 aromatic carbocycles. The second kappa shape index (κ2) is 6.66. The highest BCUT2D eigenvalue weighted by atomic mass is 32.2. The van der Waals surface area contributed by atoms with Crippen LogP contribution in [0.25, 0.3) is 0 Å². The lowest BCUT2D eigenvalue weighted by atomic mass is 10.0. The number of benzene rings is 1. The molecular weight excluding hydrogens is 288 g/mol. The van der Waals surface area contributed by atoms with Gasteiger partial charge in [-0.25, -0.2) is 13.1 Å². The van der Waals surface area contributed by atoms with Gasteiger partial charge in [-0.1, -0.05) is 26.7 Å². The number of sulfonamides is 1. The summed E-state index contributed by atoms with van der Waals surface area (Å²) in [4.78, 5) is 0.170. The minimum atomic E-state index is -3.59. The molecule has 0 spiro atoms. The fraction of sp³-hybridized carbons (Fsp3) is 0.600. The summed E-state index contributed by atoms with van der Waals surface area (Å²) in [6.07, 6.45) is 3.58. The van der Waals surface area contributed by atoms with E-state index in [0.29, 0.717) is 30.5 Å². The summed E-state index contributed by atoms with van der Waals surface area (Å²) in [5.41, 5.74) is 7.18. The zero-order chi connectivity index (χ0) is 15.5. The Morgan fingerprint density at radius 3 is 2.71 bits per heavy atom. The Morgan fingerprint density at radius 2 is 2.05 bits per heavy atom. The SMILES string of the molecule is CCC(CC)CNS(=O)(=O)c1cc(N)cc2c1OCCC2. The molecule has 1 heterocycles. The standard InChI is InChI=1S/C15H24N2O3S/c1-3-11(4-2)10-17-21(18,19)14-9-13(16)8-12-6-5-7-20-15(12)14/h8-9,11,17H,3-7,10,16H2,1-2H3. The van der Waals surface area contributed by atoms with Crippen molar-refractivity contribution in [2.75, 3.05) is 18.9 Å². The molecule has 5 nitrogen and oxygen atoms in total. The average Bonchev–Trinajstić information content (AvgIpc) is 2.47. The maximum absolute atomic E-state index is 12.5. The summed E-state index contributed by atoms with van der Waals surface area (Å²) in [7, 11) is -3.59. The topological polar surface area (TPSA) is 81.4 Å². The molecule has 0 unspecified atom stereocenters. The molecule has 0 fully saturated rings. The Bertz CT molecular complexity index is 595. The predicted molar refractivity (Wildman–Crippen MR) is 83.9 cm³/mol. The van der Waals surface area contributed by atoms with E-state index in [9.17, 15) is 8.42 Å². The van der Waals surface area contributed by atoms with Gasteiger partial charge in [0.2, 0.25) is 10.0 Å². The first kappa shape index (κ1) is 16.1. The van der Waals surface area contributed by atoms with Crippen LogP contribution < -0.4 is 15.2 Å². The molecule has 1 aliphatic heterocycles. The third kappa shape index (κ3) is 3.68. The van der Waals surface area contributed by atoms with Crippen LogP contribution in [0.4, 0.5) is 5.69 Å². The number of hydrogen-bond donors (Lipinski definition) is 2. The van der Waals surface area contributed by atoms with E-state index < -0.39 is 10.0 Å². The van der Waals surface area contributed by atoms with E-state index in [1.165, 1.54) is 6.07 Å². The van der Waals surface area contributed by atoms with Crippen molar-refractivity contribution < 1.29 is 13.2 Å². The van der Waals surface area contributed by atoms with Crippen molar-refractivity contribution >= 4 is 15.7 Å².